The van der Waals surface area contributed by atoms with Crippen molar-refractivity contribution in [2.45, 2.75) is 0 Å². The lowest BCUT2D eigenvalue weighted by Gasteiger charge is -2.03. The number of nitrogens with two attached hydrogens (primary N) is 1. The predicted molar refractivity (Wildman–Crippen MR) is 90.4 cm³/mol. The van der Waals surface area contributed by atoms with E-state index in [0.29, 0.717) is 5.82 Å². The first-order valence-electron chi connectivity index (χ1n) is 7.20. The first-order valence-corrected chi connectivity index (χ1v) is 7.20. The summed E-state index contributed by atoms with van der Waals surface area (Å²) in [6.45, 7) is 0. The number of nitrogen functional groups attached to an aromatic ring is 1. The first kappa shape index (κ1) is 13.3. The summed E-state index contributed by atoms with van der Waals surface area (Å²) in [5.74, 6) is 0.664. The molecule has 0 saturated heterocycles. The van der Waals surface area contributed by atoms with Gasteiger partial charge in [-0.05, 0) is 29.8 Å². The predicted octanol–water partition coefficient (Wildman–Crippen LogP) is 3.38. The number of nitrogens with zero attached hydrogens (tertiary/aromatic N) is 3. The minimum atomic E-state index is 0.227. The summed E-state index contributed by atoms with van der Waals surface area (Å²) in [5, 5.41) is 10.3. The molecule has 2 aromatic heterocycles. The van der Waals surface area contributed by atoms with Gasteiger partial charge in [-0.25, -0.2) is 9.97 Å². The fraction of sp³-hybridized carbons (Fsp3) is 0. The molecule has 0 atom stereocenters. The van der Waals surface area contributed by atoms with Crippen molar-refractivity contribution in [3.63, 3.8) is 0 Å². The highest BCUT2D eigenvalue weighted by Gasteiger charge is 2.15. The highest BCUT2D eigenvalue weighted by atomic mass is 16.3. The molecule has 0 amide bonds. The number of fused-ring (bicyclic) bond motifs is 1. The van der Waals surface area contributed by atoms with Crippen molar-refractivity contribution in [1.82, 2.24) is 14.5 Å². The molecule has 2 heterocycles. The molecule has 3 N–H and O–H groups in total. The third-order valence-electron chi connectivity index (χ3n) is 3.82. The maximum absolute atomic E-state index is 9.50. The summed E-state index contributed by atoms with van der Waals surface area (Å²) >= 11 is 0. The van der Waals surface area contributed by atoms with Gasteiger partial charge in [0.25, 0.3) is 0 Å². The van der Waals surface area contributed by atoms with E-state index in [1.807, 2.05) is 53.2 Å². The number of aromatic nitrogens is 3. The van der Waals surface area contributed by atoms with Crippen molar-refractivity contribution in [3.8, 4) is 22.6 Å². The number of phenolic OH excluding ortho intramolecular Hbond substituents is 1. The lowest BCUT2D eigenvalue weighted by Crippen LogP contribution is -1.96. The van der Waals surface area contributed by atoms with Gasteiger partial charge >= 0.3 is 0 Å². The molecule has 0 radical (unpaired) electrons. The number of para-hydroxylation sites is 1. The van der Waals surface area contributed by atoms with Crippen LogP contribution >= 0.6 is 0 Å². The van der Waals surface area contributed by atoms with Crippen LogP contribution < -0.4 is 5.73 Å². The minimum Gasteiger partial charge on any atom is -0.508 e. The number of phenols is 1. The van der Waals surface area contributed by atoms with E-state index in [0.717, 1.165) is 27.8 Å². The molecule has 4 rings (SSSR count). The Morgan fingerprint density at radius 1 is 0.913 bits per heavy atom. The Hall–Kier alpha value is -3.34. The second kappa shape index (κ2) is 5.14. The topological polar surface area (TPSA) is 77.0 Å². The molecule has 0 fully saturated rings. The minimum absolute atomic E-state index is 0.227. The zero-order valence-electron chi connectivity index (χ0n) is 12.2. The number of hydrogen-bond donors (Lipinski definition) is 2. The van der Waals surface area contributed by atoms with Crippen molar-refractivity contribution in [2.75, 3.05) is 5.73 Å². The number of hydrogen-bond acceptors (Lipinski definition) is 4. The number of aromatic hydroxyl groups is 1. The van der Waals surface area contributed by atoms with Crippen LogP contribution in [-0.4, -0.2) is 19.6 Å². The van der Waals surface area contributed by atoms with E-state index in [4.69, 9.17) is 5.73 Å². The van der Waals surface area contributed by atoms with Crippen LogP contribution in [0.2, 0.25) is 0 Å². The lowest BCUT2D eigenvalue weighted by atomic mass is 10.1. The summed E-state index contributed by atoms with van der Waals surface area (Å²) in [4.78, 5) is 8.53. The van der Waals surface area contributed by atoms with Gasteiger partial charge in [-0.15, -0.1) is 0 Å². The zero-order chi connectivity index (χ0) is 15.8. The molecule has 5 heteroatoms. The molecule has 0 aliphatic heterocycles. The van der Waals surface area contributed by atoms with Crippen LogP contribution in [0, 0.1) is 0 Å². The average Bonchev–Trinajstić information content (AvgIpc) is 2.97. The fourth-order valence-electron chi connectivity index (χ4n) is 2.73. The van der Waals surface area contributed by atoms with Crippen molar-refractivity contribution in [1.29, 1.82) is 0 Å². The van der Waals surface area contributed by atoms with Crippen LogP contribution in [0.3, 0.4) is 0 Å². The number of anilines is 1. The third kappa shape index (κ3) is 2.19. The van der Waals surface area contributed by atoms with Crippen LogP contribution in [-0.2, 0) is 0 Å². The molecule has 0 bridgehead atoms. The van der Waals surface area contributed by atoms with E-state index >= 15 is 0 Å². The van der Waals surface area contributed by atoms with Crippen LogP contribution in [0.1, 0.15) is 0 Å². The van der Waals surface area contributed by atoms with Crippen molar-refractivity contribution >= 4 is 16.9 Å². The van der Waals surface area contributed by atoms with Crippen molar-refractivity contribution < 1.29 is 5.11 Å². The van der Waals surface area contributed by atoms with Crippen LogP contribution in [0.5, 0.6) is 5.75 Å². The van der Waals surface area contributed by atoms with E-state index < -0.39 is 0 Å². The molecule has 23 heavy (non-hydrogen) atoms. The van der Waals surface area contributed by atoms with Gasteiger partial charge in [-0.2, -0.15) is 0 Å². The molecule has 112 valence electrons. The van der Waals surface area contributed by atoms with Gasteiger partial charge in [-0.3, -0.25) is 0 Å². The molecule has 0 aliphatic rings. The molecular weight excluding hydrogens is 288 g/mol. The summed E-state index contributed by atoms with van der Waals surface area (Å²) < 4.78 is 2.00. The maximum atomic E-state index is 9.50. The second-order valence-corrected chi connectivity index (χ2v) is 5.25. The summed E-state index contributed by atoms with van der Waals surface area (Å²) in [7, 11) is 0. The van der Waals surface area contributed by atoms with Gasteiger partial charge in [0, 0.05) is 17.4 Å². The Morgan fingerprint density at radius 2 is 1.65 bits per heavy atom. The monoisotopic (exact) mass is 302 g/mol. The highest BCUT2D eigenvalue weighted by Crippen LogP contribution is 2.34. The SMILES string of the molecule is Nc1ncnc2c1c(-c1ccc(O)cc1)cn2-c1ccccc1. The molecule has 5 nitrogen and oxygen atoms in total. The summed E-state index contributed by atoms with van der Waals surface area (Å²) in [6.07, 6.45) is 3.47. The molecule has 0 aliphatic carbocycles. The van der Waals surface area contributed by atoms with E-state index in [9.17, 15) is 5.11 Å². The number of rotatable bonds is 2. The van der Waals surface area contributed by atoms with E-state index in [2.05, 4.69) is 9.97 Å². The fourth-order valence-corrected chi connectivity index (χ4v) is 2.73. The first-order chi connectivity index (χ1) is 11.2. The molecule has 0 unspecified atom stereocenters. The van der Waals surface area contributed by atoms with Gasteiger partial charge < -0.3 is 15.4 Å². The van der Waals surface area contributed by atoms with E-state index in [-0.39, 0.29) is 5.75 Å². The Balaban J connectivity index is 2.04. The van der Waals surface area contributed by atoms with Gasteiger partial charge in [0.15, 0.2) is 5.65 Å². The maximum Gasteiger partial charge on any atom is 0.150 e. The van der Waals surface area contributed by atoms with Gasteiger partial charge in [0.05, 0.1) is 5.39 Å². The Bertz CT molecular complexity index is 975. The van der Waals surface area contributed by atoms with Crippen molar-refractivity contribution in [2.24, 2.45) is 0 Å². The average molecular weight is 302 g/mol. The molecule has 4 aromatic rings. The second-order valence-electron chi connectivity index (χ2n) is 5.25. The summed E-state index contributed by atoms with van der Waals surface area (Å²) in [5.41, 5.74) is 9.74. The summed E-state index contributed by atoms with van der Waals surface area (Å²) in [6, 6.07) is 17.0. The largest absolute Gasteiger partial charge is 0.508 e. The van der Waals surface area contributed by atoms with Gasteiger partial charge in [0.2, 0.25) is 0 Å². The van der Waals surface area contributed by atoms with E-state index in [1.54, 1.807) is 12.1 Å². The highest BCUT2D eigenvalue weighted by molar-refractivity contribution is 6.01. The Kier molecular flexibility index (Phi) is 2.98. The lowest BCUT2D eigenvalue weighted by molar-refractivity contribution is 0.475. The van der Waals surface area contributed by atoms with Crippen LogP contribution in [0.25, 0.3) is 27.8 Å². The normalized spacial score (nSPS) is 11.0. The van der Waals surface area contributed by atoms with Gasteiger partial charge in [0.1, 0.15) is 17.9 Å². The molecule has 0 saturated carbocycles. The Morgan fingerprint density at radius 3 is 2.39 bits per heavy atom. The quantitative estimate of drug-likeness (QED) is 0.595. The van der Waals surface area contributed by atoms with Crippen LogP contribution in [0.15, 0.2) is 67.1 Å². The Labute approximate surface area is 132 Å². The van der Waals surface area contributed by atoms with Crippen LogP contribution in [0.4, 0.5) is 5.82 Å². The third-order valence-corrected chi connectivity index (χ3v) is 3.82. The number of benzene rings is 2. The molecular formula is C18H14N4O. The smallest absolute Gasteiger partial charge is 0.150 e. The standard InChI is InChI=1S/C18H14N4O/c19-17-16-15(12-6-8-14(23)9-7-12)10-22(18(16)21-11-20-17)13-4-2-1-3-5-13/h1-11,23H,(H2,19,20,21). The zero-order valence-corrected chi connectivity index (χ0v) is 12.2. The van der Waals surface area contributed by atoms with Crippen molar-refractivity contribution in [3.05, 3.63) is 67.1 Å². The molecule has 2 aromatic carbocycles. The molecule has 0 spiro atoms. The van der Waals surface area contributed by atoms with Gasteiger partial charge in [-0.1, -0.05) is 30.3 Å². The van der Waals surface area contributed by atoms with E-state index in [1.165, 1.54) is 6.33 Å².